The highest BCUT2D eigenvalue weighted by atomic mass is 16.5. The maximum absolute atomic E-state index is 14.2. The monoisotopic (exact) mass is 559 g/mol. The highest BCUT2D eigenvalue weighted by molar-refractivity contribution is 6.02. The van der Waals surface area contributed by atoms with Crippen molar-refractivity contribution in [1.82, 2.24) is 10.2 Å². The molecule has 2 N–H and O–H groups in total. The van der Waals surface area contributed by atoms with Gasteiger partial charge in [0.15, 0.2) is 0 Å². The lowest BCUT2D eigenvalue weighted by Gasteiger charge is -2.34. The standard InChI is InChI=1S/C32H37N3O6/c1-3-40-23-14-12-22(13-15-23)33-29(36)26-25-16-17-32(41-25)27(26)31(38)35(19-20-8-7-11-24(18-20)39-2)28(32)30(37)34-21-9-5-4-6-10-21/h7-8,11-18,21,25-28H,3-6,9-10,19H2,1-2H3,(H,33,36)(H,34,37)/t25-,26?,27-,28?,32?/m1/s1. The highest BCUT2D eigenvalue weighted by Crippen LogP contribution is 2.55. The van der Waals surface area contributed by atoms with Gasteiger partial charge in [-0.1, -0.05) is 43.5 Å². The number of nitrogens with one attached hydrogen (secondary N) is 2. The third kappa shape index (κ3) is 4.96. The summed E-state index contributed by atoms with van der Waals surface area (Å²) >= 11 is 0. The number of ether oxygens (including phenoxy) is 3. The molecular formula is C32H37N3O6. The number of nitrogens with zero attached hydrogens (tertiary/aromatic N) is 1. The molecule has 1 saturated carbocycles. The Hall–Kier alpha value is -3.85. The summed E-state index contributed by atoms with van der Waals surface area (Å²) in [6, 6.07) is 13.8. The molecule has 2 aromatic carbocycles. The fourth-order valence-corrected chi connectivity index (χ4v) is 6.96. The second-order valence-electron chi connectivity index (χ2n) is 11.3. The molecule has 1 aliphatic carbocycles. The Kier molecular flexibility index (Phi) is 7.46. The zero-order valence-corrected chi connectivity index (χ0v) is 23.5. The summed E-state index contributed by atoms with van der Waals surface area (Å²) < 4.78 is 17.4. The van der Waals surface area contributed by atoms with Gasteiger partial charge in [0.05, 0.1) is 31.7 Å². The minimum atomic E-state index is -1.21. The van der Waals surface area contributed by atoms with Gasteiger partial charge in [-0.3, -0.25) is 14.4 Å². The quantitative estimate of drug-likeness (QED) is 0.453. The number of carbonyl (C=O) groups excluding carboxylic acids is 3. The Balaban J connectivity index is 1.30. The molecule has 9 heteroatoms. The van der Waals surface area contributed by atoms with E-state index in [9.17, 15) is 14.4 Å². The first-order chi connectivity index (χ1) is 19.9. The van der Waals surface area contributed by atoms with Gasteiger partial charge in [0.1, 0.15) is 23.1 Å². The molecule has 1 spiro atoms. The molecule has 9 nitrogen and oxygen atoms in total. The molecule has 2 saturated heterocycles. The fraction of sp³-hybridized carbons (Fsp3) is 0.469. The van der Waals surface area contributed by atoms with Crippen molar-refractivity contribution in [1.29, 1.82) is 0 Å². The summed E-state index contributed by atoms with van der Waals surface area (Å²) in [6.45, 7) is 2.66. The minimum absolute atomic E-state index is 0.0711. The minimum Gasteiger partial charge on any atom is -0.497 e. The van der Waals surface area contributed by atoms with Gasteiger partial charge < -0.3 is 29.7 Å². The summed E-state index contributed by atoms with van der Waals surface area (Å²) in [4.78, 5) is 43.5. The van der Waals surface area contributed by atoms with Gasteiger partial charge in [-0.15, -0.1) is 0 Å². The Bertz CT molecular complexity index is 1340. The average molecular weight is 560 g/mol. The van der Waals surface area contributed by atoms with Crippen molar-refractivity contribution in [2.45, 2.75) is 69.4 Å². The molecular weight excluding hydrogens is 522 g/mol. The maximum atomic E-state index is 14.2. The lowest BCUT2D eigenvalue weighted by molar-refractivity contribution is -0.142. The van der Waals surface area contributed by atoms with E-state index in [-0.39, 0.29) is 30.3 Å². The van der Waals surface area contributed by atoms with Crippen LogP contribution in [0.4, 0.5) is 5.69 Å². The average Bonchev–Trinajstić information content (AvgIpc) is 3.62. The normalized spacial score (nSPS) is 28.4. The van der Waals surface area contributed by atoms with Crippen molar-refractivity contribution in [3.8, 4) is 11.5 Å². The number of amides is 3. The van der Waals surface area contributed by atoms with Crippen LogP contribution in [0.3, 0.4) is 0 Å². The SMILES string of the molecule is CCOc1ccc(NC(=O)C2[C@H]3C=CC4(O3)C(C(=O)NC3CCCCC3)N(Cc3cccc(OC)c3)C(=O)[C@@H]24)cc1. The second-order valence-corrected chi connectivity index (χ2v) is 11.3. The molecule has 3 amide bonds. The third-order valence-electron chi connectivity index (χ3n) is 8.80. The smallest absolute Gasteiger partial charge is 0.246 e. The van der Waals surface area contributed by atoms with Gasteiger partial charge in [0.2, 0.25) is 17.7 Å². The molecule has 41 heavy (non-hydrogen) atoms. The van der Waals surface area contributed by atoms with E-state index < -0.39 is 29.6 Å². The number of likely N-dealkylation sites (tertiary alicyclic amines) is 1. The molecule has 6 rings (SSSR count). The van der Waals surface area contributed by atoms with Gasteiger partial charge >= 0.3 is 0 Å². The van der Waals surface area contributed by atoms with E-state index in [1.807, 2.05) is 43.3 Å². The Morgan fingerprint density at radius 2 is 1.83 bits per heavy atom. The lowest BCUT2D eigenvalue weighted by atomic mass is 9.74. The predicted molar refractivity (Wildman–Crippen MR) is 152 cm³/mol. The van der Waals surface area contributed by atoms with Crippen molar-refractivity contribution in [2.75, 3.05) is 19.0 Å². The van der Waals surface area contributed by atoms with Crippen LogP contribution >= 0.6 is 0 Å². The number of carbonyl (C=O) groups is 3. The molecule has 4 aliphatic rings. The molecule has 3 aliphatic heterocycles. The Morgan fingerprint density at radius 1 is 1.05 bits per heavy atom. The van der Waals surface area contributed by atoms with Crippen LogP contribution in [0.25, 0.3) is 0 Å². The number of hydrogen-bond donors (Lipinski definition) is 2. The van der Waals surface area contributed by atoms with Crippen LogP contribution in [-0.4, -0.2) is 60.1 Å². The van der Waals surface area contributed by atoms with Gasteiger partial charge in [0, 0.05) is 18.3 Å². The van der Waals surface area contributed by atoms with Gasteiger partial charge in [-0.05, 0) is 61.7 Å². The van der Waals surface area contributed by atoms with Crippen molar-refractivity contribution in [2.24, 2.45) is 11.8 Å². The molecule has 216 valence electrons. The first-order valence-corrected chi connectivity index (χ1v) is 14.6. The predicted octanol–water partition coefficient (Wildman–Crippen LogP) is 3.83. The summed E-state index contributed by atoms with van der Waals surface area (Å²) in [5, 5.41) is 6.19. The Labute approximate surface area is 240 Å². The number of rotatable bonds is 9. The van der Waals surface area contributed by atoms with Crippen LogP contribution in [0, 0.1) is 11.8 Å². The highest BCUT2D eigenvalue weighted by Gasteiger charge is 2.72. The van der Waals surface area contributed by atoms with Gasteiger partial charge in [-0.2, -0.15) is 0 Å². The topological polar surface area (TPSA) is 106 Å². The fourth-order valence-electron chi connectivity index (χ4n) is 6.96. The van der Waals surface area contributed by atoms with Crippen molar-refractivity contribution < 1.29 is 28.6 Å². The third-order valence-corrected chi connectivity index (χ3v) is 8.80. The number of anilines is 1. The molecule has 2 aromatic rings. The summed E-state index contributed by atoms with van der Waals surface area (Å²) in [5.41, 5.74) is 0.225. The first kappa shape index (κ1) is 27.3. The zero-order chi connectivity index (χ0) is 28.6. The lowest BCUT2D eigenvalue weighted by Crippen LogP contribution is -2.56. The molecule has 5 atom stereocenters. The van der Waals surface area contributed by atoms with Crippen LogP contribution in [0.2, 0.25) is 0 Å². The maximum Gasteiger partial charge on any atom is 0.246 e. The van der Waals surface area contributed by atoms with Gasteiger partial charge in [0.25, 0.3) is 0 Å². The summed E-state index contributed by atoms with van der Waals surface area (Å²) in [6.07, 6.45) is 8.25. The van der Waals surface area contributed by atoms with Crippen LogP contribution < -0.4 is 20.1 Å². The summed E-state index contributed by atoms with van der Waals surface area (Å²) in [5.74, 6) is -0.989. The molecule has 3 heterocycles. The van der Waals surface area contributed by atoms with E-state index in [2.05, 4.69) is 10.6 Å². The van der Waals surface area contributed by atoms with E-state index in [4.69, 9.17) is 14.2 Å². The second kappa shape index (κ2) is 11.2. The van der Waals surface area contributed by atoms with Crippen molar-refractivity contribution >= 4 is 23.4 Å². The van der Waals surface area contributed by atoms with E-state index in [0.29, 0.717) is 23.8 Å². The van der Waals surface area contributed by atoms with E-state index >= 15 is 0 Å². The van der Waals surface area contributed by atoms with Crippen molar-refractivity contribution in [3.63, 3.8) is 0 Å². The molecule has 0 radical (unpaired) electrons. The number of benzene rings is 2. The number of hydrogen-bond acceptors (Lipinski definition) is 6. The van der Waals surface area contributed by atoms with Crippen LogP contribution in [-0.2, 0) is 25.7 Å². The molecule has 2 bridgehead atoms. The van der Waals surface area contributed by atoms with Crippen LogP contribution in [0.5, 0.6) is 11.5 Å². The van der Waals surface area contributed by atoms with E-state index in [0.717, 1.165) is 31.2 Å². The summed E-state index contributed by atoms with van der Waals surface area (Å²) in [7, 11) is 1.59. The van der Waals surface area contributed by atoms with Crippen molar-refractivity contribution in [3.05, 3.63) is 66.2 Å². The zero-order valence-electron chi connectivity index (χ0n) is 23.5. The van der Waals surface area contributed by atoms with E-state index in [1.54, 1.807) is 36.3 Å². The number of fused-ring (bicyclic) bond motifs is 1. The van der Waals surface area contributed by atoms with Crippen LogP contribution in [0.1, 0.15) is 44.6 Å². The first-order valence-electron chi connectivity index (χ1n) is 14.6. The molecule has 3 unspecified atom stereocenters. The molecule has 3 fully saturated rings. The van der Waals surface area contributed by atoms with E-state index in [1.165, 1.54) is 6.42 Å². The van der Waals surface area contributed by atoms with Gasteiger partial charge in [-0.25, -0.2) is 0 Å². The molecule has 0 aromatic heterocycles. The Morgan fingerprint density at radius 3 is 2.56 bits per heavy atom. The van der Waals surface area contributed by atoms with Crippen LogP contribution in [0.15, 0.2) is 60.7 Å². The number of methoxy groups -OCH3 is 1. The largest absolute Gasteiger partial charge is 0.497 e.